The summed E-state index contributed by atoms with van der Waals surface area (Å²) in [6, 6.07) is 9.10. The third kappa shape index (κ3) is 2.27. The summed E-state index contributed by atoms with van der Waals surface area (Å²) in [6.07, 6.45) is 3.20. The summed E-state index contributed by atoms with van der Waals surface area (Å²) in [5.41, 5.74) is 0. The molecule has 1 aromatic carbocycles. The first-order chi connectivity index (χ1) is 9.38. The molecule has 1 aliphatic carbocycles. The highest BCUT2D eigenvalue weighted by Gasteiger charge is 2.29. The van der Waals surface area contributed by atoms with Crippen LogP contribution in [0.3, 0.4) is 0 Å². The van der Waals surface area contributed by atoms with Gasteiger partial charge < -0.3 is 4.74 Å². The Bertz CT molecular complexity index is 525. The van der Waals surface area contributed by atoms with E-state index in [1.165, 1.54) is 11.0 Å². The van der Waals surface area contributed by atoms with E-state index in [2.05, 4.69) is 0 Å². The fourth-order valence-corrected chi connectivity index (χ4v) is 1.67. The maximum atomic E-state index is 8.14. The number of rotatable bonds is 3. The number of nitrogens with zero attached hydrogens (tertiary/aromatic N) is 1. The number of benzene rings is 1. The molecule has 2 nitrogen and oxygen atoms in total. The lowest BCUT2D eigenvalue weighted by Gasteiger charge is -2.25. The lowest BCUT2D eigenvalue weighted by atomic mass is 10.2. The normalized spacial score (nSPS) is 31.6. The molecule has 0 atom stereocenters. The van der Waals surface area contributed by atoms with Crippen molar-refractivity contribution in [3.05, 3.63) is 42.2 Å². The van der Waals surface area contributed by atoms with E-state index in [9.17, 15) is 0 Å². The molecule has 1 saturated carbocycles. The highest BCUT2D eigenvalue weighted by molar-refractivity contribution is 5.24. The van der Waals surface area contributed by atoms with Gasteiger partial charge in [-0.25, -0.2) is 0 Å². The van der Waals surface area contributed by atoms with Crippen LogP contribution < -0.4 is 4.74 Å². The van der Waals surface area contributed by atoms with Crippen LogP contribution in [0, 0.1) is 0 Å². The maximum absolute atomic E-state index is 8.14. The smallest absolute Gasteiger partial charge is 0.126 e. The van der Waals surface area contributed by atoms with E-state index in [0.29, 0.717) is 11.5 Å². The van der Waals surface area contributed by atoms with Gasteiger partial charge in [-0.15, -0.1) is 0 Å². The van der Waals surface area contributed by atoms with E-state index in [-0.39, 0.29) is 12.5 Å². The summed E-state index contributed by atoms with van der Waals surface area (Å²) in [4.78, 5) is 1.35. The van der Waals surface area contributed by atoms with Crippen molar-refractivity contribution < 1.29 is 10.2 Å². The minimum atomic E-state index is -1.81. The molecule has 1 aliphatic heterocycles. The van der Waals surface area contributed by atoms with E-state index < -0.39 is 13.0 Å². The molecule has 0 amide bonds. The summed E-state index contributed by atoms with van der Waals surface area (Å²) < 4.78 is 38.1. The van der Waals surface area contributed by atoms with Crippen molar-refractivity contribution in [3.8, 4) is 5.75 Å². The molecular weight excluding hydrogens is 198 g/mol. The first-order valence-electron chi connectivity index (χ1n) is 7.63. The van der Waals surface area contributed by atoms with Gasteiger partial charge in [0.25, 0.3) is 0 Å². The molecular formula is C14H17NO. The van der Waals surface area contributed by atoms with Gasteiger partial charge in [-0.2, -0.15) is 0 Å². The molecule has 1 aromatic rings. The van der Waals surface area contributed by atoms with Crippen molar-refractivity contribution >= 4 is 0 Å². The van der Waals surface area contributed by atoms with E-state index in [1.807, 2.05) is 18.2 Å². The van der Waals surface area contributed by atoms with Gasteiger partial charge in [0.1, 0.15) is 11.5 Å². The zero-order valence-electron chi connectivity index (χ0n) is 13.0. The maximum Gasteiger partial charge on any atom is 0.126 e. The van der Waals surface area contributed by atoms with Gasteiger partial charge in [-0.05, 0) is 31.1 Å². The van der Waals surface area contributed by atoms with E-state index in [4.69, 9.17) is 10.2 Å². The third-order valence-electron chi connectivity index (χ3n) is 2.69. The lowest BCUT2D eigenvalue weighted by molar-refractivity contribution is 0.253. The molecule has 1 heterocycles. The Hall–Kier alpha value is -1.28. The third-order valence-corrected chi connectivity index (χ3v) is 2.69. The Balaban J connectivity index is 1.86. The number of hydrogen-bond acceptors (Lipinski definition) is 2. The van der Waals surface area contributed by atoms with Crippen molar-refractivity contribution in [3.63, 3.8) is 0 Å². The van der Waals surface area contributed by atoms with Gasteiger partial charge in [0.2, 0.25) is 0 Å². The number of hydrogen-bond donors (Lipinski definition) is 0. The lowest BCUT2D eigenvalue weighted by Crippen LogP contribution is -2.31. The van der Waals surface area contributed by atoms with Crippen molar-refractivity contribution in [2.45, 2.75) is 25.3 Å². The number of para-hydroxylation sites is 1. The molecule has 0 unspecified atom stereocenters. The van der Waals surface area contributed by atoms with Crippen molar-refractivity contribution in [2.24, 2.45) is 0 Å². The molecule has 2 heteroatoms. The zero-order chi connectivity index (χ0) is 14.4. The topological polar surface area (TPSA) is 12.5 Å². The Morgan fingerprint density at radius 3 is 2.75 bits per heavy atom. The molecule has 0 bridgehead atoms. The molecule has 0 saturated heterocycles. The fraction of sp³-hybridized carbons (Fsp3) is 0.429. The quantitative estimate of drug-likeness (QED) is 0.775. The fourth-order valence-electron chi connectivity index (χ4n) is 1.67. The van der Waals surface area contributed by atoms with Crippen molar-refractivity contribution in [2.75, 3.05) is 13.0 Å². The van der Waals surface area contributed by atoms with Gasteiger partial charge in [0.15, 0.2) is 0 Å². The van der Waals surface area contributed by atoms with Crippen LogP contribution in [0.15, 0.2) is 42.2 Å². The van der Waals surface area contributed by atoms with Crippen LogP contribution >= 0.6 is 0 Å². The van der Waals surface area contributed by atoms with Crippen LogP contribution in [0.5, 0.6) is 5.75 Å². The average Bonchev–Trinajstić information content (AvgIpc) is 3.11. The Morgan fingerprint density at radius 2 is 2.06 bits per heavy atom. The Labute approximate surface area is 102 Å². The first-order valence-corrected chi connectivity index (χ1v) is 5.63. The molecule has 16 heavy (non-hydrogen) atoms. The second-order valence-electron chi connectivity index (χ2n) is 4.09. The monoisotopic (exact) mass is 219 g/mol. The summed E-state index contributed by atoms with van der Waals surface area (Å²) in [7, 11) is 0. The second-order valence-corrected chi connectivity index (χ2v) is 4.09. The van der Waals surface area contributed by atoms with Crippen molar-refractivity contribution in [1.29, 1.82) is 0 Å². The standard InChI is InChI=1S/C14H17NO/c1-2-4-13(5-3-1)16-14-8-10-15(11-9-14)12-6-7-12/h1-5,8,12H,6-7,9-11H2/i10D2,11D2. The van der Waals surface area contributed by atoms with Crippen LogP contribution in [-0.2, 0) is 0 Å². The van der Waals surface area contributed by atoms with Gasteiger partial charge in [-0.3, -0.25) is 4.90 Å². The highest BCUT2D eigenvalue weighted by atomic mass is 16.5. The summed E-state index contributed by atoms with van der Waals surface area (Å²) in [5.74, 6) is 0.952. The minimum absolute atomic E-state index is 0.00882. The molecule has 0 aromatic heterocycles. The van der Waals surface area contributed by atoms with Crippen LogP contribution in [0.1, 0.15) is 24.7 Å². The summed E-state index contributed by atoms with van der Waals surface area (Å²) in [5, 5.41) is 0. The molecule has 0 radical (unpaired) electrons. The minimum Gasteiger partial charge on any atom is -0.462 e. The SMILES string of the molecule is [2H]C1([2H])C=C(Oc2ccccc2)CC([2H])([2H])N1C1CC1. The molecule has 2 aliphatic rings. The number of ether oxygens (including phenoxy) is 1. The molecule has 0 N–H and O–H groups in total. The Morgan fingerprint density at radius 1 is 1.25 bits per heavy atom. The van der Waals surface area contributed by atoms with Crippen LogP contribution in [-0.4, -0.2) is 23.9 Å². The van der Waals surface area contributed by atoms with E-state index in [1.54, 1.807) is 12.1 Å². The Kier molecular flexibility index (Phi) is 1.73. The average molecular weight is 219 g/mol. The van der Waals surface area contributed by atoms with Crippen LogP contribution in [0.4, 0.5) is 0 Å². The van der Waals surface area contributed by atoms with Gasteiger partial charge >= 0.3 is 0 Å². The van der Waals surface area contributed by atoms with Gasteiger partial charge in [0.05, 0.1) is 0 Å². The van der Waals surface area contributed by atoms with Crippen LogP contribution in [0.2, 0.25) is 0 Å². The molecule has 1 fully saturated rings. The molecule has 3 rings (SSSR count). The van der Waals surface area contributed by atoms with E-state index in [0.717, 1.165) is 12.8 Å². The largest absolute Gasteiger partial charge is 0.462 e. The predicted octanol–water partition coefficient (Wildman–Crippen LogP) is 2.82. The van der Waals surface area contributed by atoms with Gasteiger partial charge in [-0.1, -0.05) is 18.2 Å². The highest BCUT2D eigenvalue weighted by Crippen LogP contribution is 2.29. The first kappa shape index (κ1) is 6.45. The van der Waals surface area contributed by atoms with Crippen LogP contribution in [0.25, 0.3) is 0 Å². The van der Waals surface area contributed by atoms with E-state index >= 15 is 0 Å². The summed E-state index contributed by atoms with van der Waals surface area (Å²) in [6.45, 7) is -3.53. The second kappa shape index (κ2) is 4.30. The van der Waals surface area contributed by atoms with Gasteiger partial charge in [0, 0.05) is 30.9 Å². The van der Waals surface area contributed by atoms with Crippen molar-refractivity contribution in [1.82, 2.24) is 4.90 Å². The predicted molar refractivity (Wildman–Crippen MR) is 64.4 cm³/mol. The molecule has 0 spiro atoms. The summed E-state index contributed by atoms with van der Waals surface area (Å²) >= 11 is 0. The zero-order valence-corrected chi connectivity index (χ0v) is 9.02. The molecule has 84 valence electrons.